The van der Waals surface area contributed by atoms with E-state index in [0.717, 1.165) is 5.56 Å². The minimum atomic E-state index is -0.435. The zero-order valence-electron chi connectivity index (χ0n) is 14.0. The van der Waals surface area contributed by atoms with Gasteiger partial charge in [-0.15, -0.1) is 0 Å². The Labute approximate surface area is 155 Å². The molecule has 0 aliphatic rings. The molecule has 1 amide bonds. The van der Waals surface area contributed by atoms with E-state index in [1.165, 1.54) is 18.2 Å². The third-order valence-electron chi connectivity index (χ3n) is 3.53. The molecule has 0 fully saturated rings. The van der Waals surface area contributed by atoms with Gasteiger partial charge in [0.1, 0.15) is 11.5 Å². The Balaban J connectivity index is 1.72. The Hall–Kier alpha value is -2.99. The normalized spacial score (nSPS) is 10.4. The largest absolute Gasteiger partial charge is 0.350 e. The number of anilines is 2. The quantitative estimate of drug-likeness (QED) is 0.696. The molecule has 1 heterocycles. The number of halogens is 2. The van der Waals surface area contributed by atoms with Crippen molar-refractivity contribution in [3.8, 4) is 0 Å². The van der Waals surface area contributed by atoms with Crippen molar-refractivity contribution in [1.82, 2.24) is 9.97 Å². The number of hydrogen-bond acceptors (Lipinski definition) is 4. The van der Waals surface area contributed by atoms with Crippen LogP contribution in [-0.4, -0.2) is 15.9 Å². The van der Waals surface area contributed by atoms with Crippen LogP contribution in [0.3, 0.4) is 0 Å². The fourth-order valence-electron chi connectivity index (χ4n) is 2.31. The molecule has 0 atom stereocenters. The number of hydrogen-bond donors (Lipinski definition) is 2. The second-order valence-electron chi connectivity index (χ2n) is 5.66. The number of carbonyl (C=O) groups is 1. The lowest BCUT2D eigenvalue weighted by Gasteiger charge is -2.09. The Morgan fingerprint density at radius 3 is 2.62 bits per heavy atom. The molecular weight excluding hydrogens is 355 g/mol. The molecule has 0 spiro atoms. The third kappa shape index (κ3) is 4.77. The number of benzene rings is 2. The van der Waals surface area contributed by atoms with Gasteiger partial charge in [0.2, 0.25) is 5.95 Å². The van der Waals surface area contributed by atoms with E-state index >= 15 is 0 Å². The lowest BCUT2D eigenvalue weighted by atomic mass is 10.2. The van der Waals surface area contributed by atoms with Crippen molar-refractivity contribution in [2.75, 3.05) is 10.6 Å². The van der Waals surface area contributed by atoms with Gasteiger partial charge in [-0.2, -0.15) is 0 Å². The number of nitrogens with one attached hydrogen (secondary N) is 2. The molecule has 0 saturated carbocycles. The summed E-state index contributed by atoms with van der Waals surface area (Å²) >= 11 is 5.87. The molecular formula is C19H16ClFN4O. The molecule has 3 aromatic rings. The van der Waals surface area contributed by atoms with Crippen molar-refractivity contribution >= 4 is 29.1 Å². The molecule has 0 bridgehead atoms. The van der Waals surface area contributed by atoms with E-state index in [2.05, 4.69) is 20.6 Å². The minimum absolute atomic E-state index is 0.195. The van der Waals surface area contributed by atoms with Crippen molar-refractivity contribution in [3.05, 3.63) is 82.4 Å². The lowest BCUT2D eigenvalue weighted by molar-refractivity contribution is 0.102. The fraction of sp³-hybridized carbons (Fsp3) is 0.105. The van der Waals surface area contributed by atoms with Gasteiger partial charge in [0.15, 0.2) is 0 Å². The first-order valence-electron chi connectivity index (χ1n) is 7.90. The molecule has 0 saturated heterocycles. The smallest absolute Gasteiger partial charge is 0.274 e. The Morgan fingerprint density at radius 2 is 1.88 bits per heavy atom. The second kappa shape index (κ2) is 7.93. The SMILES string of the molecule is Cc1cc(C(=O)Nc2cccc(F)c2)nc(NCc2ccc(Cl)cc2)n1. The maximum absolute atomic E-state index is 13.2. The van der Waals surface area contributed by atoms with Gasteiger partial charge >= 0.3 is 0 Å². The van der Waals surface area contributed by atoms with Crippen LogP contribution in [0.2, 0.25) is 5.02 Å². The summed E-state index contributed by atoms with van der Waals surface area (Å²) in [5, 5.41) is 6.37. The maximum Gasteiger partial charge on any atom is 0.274 e. The van der Waals surface area contributed by atoms with Gasteiger partial charge in [0.05, 0.1) is 0 Å². The molecule has 2 N–H and O–H groups in total. The predicted octanol–water partition coefficient (Wildman–Crippen LogP) is 4.44. The molecule has 0 unspecified atom stereocenters. The first kappa shape index (κ1) is 17.8. The highest BCUT2D eigenvalue weighted by Gasteiger charge is 2.11. The van der Waals surface area contributed by atoms with Gasteiger partial charge in [-0.25, -0.2) is 14.4 Å². The van der Waals surface area contributed by atoms with Crippen molar-refractivity contribution in [3.63, 3.8) is 0 Å². The number of aromatic nitrogens is 2. The third-order valence-corrected chi connectivity index (χ3v) is 3.79. The molecule has 26 heavy (non-hydrogen) atoms. The van der Waals surface area contributed by atoms with E-state index < -0.39 is 11.7 Å². The average molecular weight is 371 g/mol. The first-order valence-corrected chi connectivity index (χ1v) is 8.28. The summed E-state index contributed by atoms with van der Waals surface area (Å²) in [5.74, 6) is -0.521. The molecule has 0 aliphatic heterocycles. The number of carbonyl (C=O) groups excluding carboxylic acids is 1. The lowest BCUT2D eigenvalue weighted by Crippen LogP contribution is -2.16. The molecule has 0 aliphatic carbocycles. The van der Waals surface area contributed by atoms with Crippen LogP contribution in [0.25, 0.3) is 0 Å². The summed E-state index contributed by atoms with van der Waals surface area (Å²) in [6.45, 7) is 2.26. The topological polar surface area (TPSA) is 66.9 Å². The van der Waals surface area contributed by atoms with Crippen LogP contribution >= 0.6 is 11.6 Å². The van der Waals surface area contributed by atoms with Crippen molar-refractivity contribution < 1.29 is 9.18 Å². The van der Waals surface area contributed by atoms with Crippen LogP contribution in [0, 0.1) is 12.7 Å². The molecule has 5 nitrogen and oxygen atoms in total. The van der Waals surface area contributed by atoms with Gasteiger partial charge in [-0.05, 0) is 48.9 Å². The van der Waals surface area contributed by atoms with Gasteiger partial charge in [0.25, 0.3) is 5.91 Å². The zero-order chi connectivity index (χ0) is 18.5. The Kier molecular flexibility index (Phi) is 5.43. The highest BCUT2D eigenvalue weighted by atomic mass is 35.5. The summed E-state index contributed by atoms with van der Waals surface area (Å²) in [7, 11) is 0. The molecule has 2 aromatic carbocycles. The highest BCUT2D eigenvalue weighted by molar-refractivity contribution is 6.30. The van der Waals surface area contributed by atoms with Crippen LogP contribution in [0.5, 0.6) is 0 Å². The van der Waals surface area contributed by atoms with Gasteiger partial charge < -0.3 is 10.6 Å². The number of amides is 1. The standard InChI is InChI=1S/C19H16ClFN4O/c1-12-9-17(18(26)24-16-4-2-3-15(21)10-16)25-19(23-12)22-11-13-5-7-14(20)8-6-13/h2-10H,11H2,1H3,(H,24,26)(H,22,23,25). The van der Waals surface area contributed by atoms with E-state index in [4.69, 9.17) is 11.6 Å². The second-order valence-corrected chi connectivity index (χ2v) is 6.10. The van der Waals surface area contributed by atoms with E-state index in [-0.39, 0.29) is 5.69 Å². The molecule has 3 rings (SSSR count). The summed E-state index contributed by atoms with van der Waals surface area (Å²) in [6, 6.07) is 14.6. The average Bonchev–Trinajstić information content (AvgIpc) is 2.61. The molecule has 7 heteroatoms. The van der Waals surface area contributed by atoms with Gasteiger partial charge in [-0.3, -0.25) is 4.79 Å². The van der Waals surface area contributed by atoms with Crippen molar-refractivity contribution in [1.29, 1.82) is 0 Å². The zero-order valence-corrected chi connectivity index (χ0v) is 14.7. The molecule has 1 aromatic heterocycles. The molecule has 0 radical (unpaired) electrons. The van der Waals surface area contributed by atoms with Crippen molar-refractivity contribution in [2.45, 2.75) is 13.5 Å². The van der Waals surface area contributed by atoms with E-state index in [0.29, 0.717) is 28.9 Å². The Bertz CT molecular complexity index is 931. The van der Waals surface area contributed by atoms with Gasteiger partial charge in [0, 0.05) is 22.9 Å². The van der Waals surface area contributed by atoms with Crippen LogP contribution < -0.4 is 10.6 Å². The highest BCUT2D eigenvalue weighted by Crippen LogP contribution is 2.13. The summed E-state index contributed by atoms with van der Waals surface area (Å²) in [6.07, 6.45) is 0. The minimum Gasteiger partial charge on any atom is -0.350 e. The van der Waals surface area contributed by atoms with E-state index in [9.17, 15) is 9.18 Å². The van der Waals surface area contributed by atoms with E-state index in [1.807, 2.05) is 12.1 Å². The summed E-state index contributed by atoms with van der Waals surface area (Å²) in [4.78, 5) is 20.9. The number of aryl methyl sites for hydroxylation is 1. The predicted molar refractivity (Wildman–Crippen MR) is 99.9 cm³/mol. The van der Waals surface area contributed by atoms with Crippen LogP contribution in [0.1, 0.15) is 21.7 Å². The summed E-state index contributed by atoms with van der Waals surface area (Å²) in [5.41, 5.74) is 2.20. The van der Waals surface area contributed by atoms with Crippen LogP contribution in [0.15, 0.2) is 54.6 Å². The van der Waals surface area contributed by atoms with E-state index in [1.54, 1.807) is 31.2 Å². The monoisotopic (exact) mass is 370 g/mol. The number of nitrogens with zero attached hydrogens (tertiary/aromatic N) is 2. The molecule has 132 valence electrons. The van der Waals surface area contributed by atoms with Crippen LogP contribution in [-0.2, 0) is 6.54 Å². The first-order chi connectivity index (χ1) is 12.5. The Morgan fingerprint density at radius 1 is 1.12 bits per heavy atom. The maximum atomic E-state index is 13.2. The summed E-state index contributed by atoms with van der Waals surface area (Å²) < 4.78 is 13.2. The van der Waals surface area contributed by atoms with Gasteiger partial charge in [-0.1, -0.05) is 29.8 Å². The number of rotatable bonds is 5. The van der Waals surface area contributed by atoms with Crippen molar-refractivity contribution in [2.24, 2.45) is 0 Å². The fourth-order valence-corrected chi connectivity index (χ4v) is 2.43. The van der Waals surface area contributed by atoms with Crippen LogP contribution in [0.4, 0.5) is 16.0 Å².